The maximum Gasteiger partial charge on any atom is 0.307 e. The van der Waals surface area contributed by atoms with Crippen molar-refractivity contribution >= 4 is 11.9 Å². The molecule has 3 aliphatic rings. The molecule has 2 aliphatic carbocycles. The van der Waals surface area contributed by atoms with Crippen molar-refractivity contribution in [3.8, 4) is 0 Å². The lowest BCUT2D eigenvalue weighted by atomic mass is 9.82. The van der Waals surface area contributed by atoms with Gasteiger partial charge in [-0.3, -0.25) is 14.5 Å². The molecule has 0 radical (unpaired) electrons. The van der Waals surface area contributed by atoms with Crippen molar-refractivity contribution in [2.75, 3.05) is 39.4 Å². The molecule has 116 valence electrons. The minimum absolute atomic E-state index is 0.0301. The maximum atomic E-state index is 12.3. The molecule has 0 aromatic rings. The average molecular weight is 294 g/mol. The number of morpholine rings is 1. The Hall–Kier alpha value is -1.40. The SMILES string of the molecule is O=C(O)[C@@H]1C2C=CC(C2)[C@@H]1C(=O)NCCN1CCOCC1. The zero-order valence-electron chi connectivity index (χ0n) is 12.0. The van der Waals surface area contributed by atoms with Crippen LogP contribution in [0.2, 0.25) is 0 Å². The number of carbonyl (C=O) groups excluding carboxylic acids is 1. The van der Waals surface area contributed by atoms with Gasteiger partial charge in [-0.25, -0.2) is 0 Å². The Morgan fingerprint density at radius 3 is 2.52 bits per heavy atom. The molecule has 6 heteroatoms. The van der Waals surface area contributed by atoms with Gasteiger partial charge in [0.2, 0.25) is 5.91 Å². The highest BCUT2D eigenvalue weighted by Crippen LogP contribution is 2.48. The third-order valence-electron chi connectivity index (χ3n) is 4.88. The zero-order valence-corrected chi connectivity index (χ0v) is 12.0. The number of hydrogen-bond donors (Lipinski definition) is 2. The van der Waals surface area contributed by atoms with Crippen molar-refractivity contribution < 1.29 is 19.4 Å². The molecule has 3 rings (SSSR count). The summed E-state index contributed by atoms with van der Waals surface area (Å²) in [4.78, 5) is 26.0. The molecule has 6 nitrogen and oxygen atoms in total. The van der Waals surface area contributed by atoms with Gasteiger partial charge in [0.05, 0.1) is 25.0 Å². The van der Waals surface area contributed by atoms with Crippen LogP contribution in [0.25, 0.3) is 0 Å². The number of hydrogen-bond acceptors (Lipinski definition) is 4. The fourth-order valence-electron chi connectivity index (χ4n) is 3.80. The van der Waals surface area contributed by atoms with E-state index in [-0.39, 0.29) is 17.7 Å². The van der Waals surface area contributed by atoms with Gasteiger partial charge < -0.3 is 15.2 Å². The molecule has 2 N–H and O–H groups in total. The number of nitrogens with zero attached hydrogens (tertiary/aromatic N) is 1. The zero-order chi connectivity index (χ0) is 14.8. The molecule has 4 atom stereocenters. The predicted molar refractivity (Wildman–Crippen MR) is 75.6 cm³/mol. The van der Waals surface area contributed by atoms with E-state index >= 15 is 0 Å². The van der Waals surface area contributed by atoms with Crippen LogP contribution in [0.4, 0.5) is 0 Å². The first-order valence-corrected chi connectivity index (χ1v) is 7.66. The van der Waals surface area contributed by atoms with Gasteiger partial charge in [0.25, 0.3) is 0 Å². The monoisotopic (exact) mass is 294 g/mol. The molecule has 2 fully saturated rings. The van der Waals surface area contributed by atoms with Gasteiger partial charge in [-0.1, -0.05) is 12.2 Å². The summed E-state index contributed by atoms with van der Waals surface area (Å²) in [5.74, 6) is -1.78. The molecule has 2 unspecified atom stereocenters. The van der Waals surface area contributed by atoms with Crippen molar-refractivity contribution in [1.82, 2.24) is 10.2 Å². The number of ether oxygens (including phenoxy) is 1. The van der Waals surface area contributed by atoms with Gasteiger partial charge in [-0.05, 0) is 18.3 Å². The molecular formula is C15H22N2O4. The van der Waals surface area contributed by atoms with E-state index in [4.69, 9.17) is 4.74 Å². The Morgan fingerprint density at radius 2 is 1.86 bits per heavy atom. The molecule has 21 heavy (non-hydrogen) atoms. The van der Waals surface area contributed by atoms with Crippen LogP contribution in [-0.2, 0) is 14.3 Å². The topological polar surface area (TPSA) is 78.9 Å². The normalized spacial score (nSPS) is 35.0. The molecule has 1 saturated heterocycles. The largest absolute Gasteiger partial charge is 0.481 e. The quantitative estimate of drug-likeness (QED) is 0.696. The minimum atomic E-state index is -0.847. The third-order valence-corrected chi connectivity index (χ3v) is 4.88. The summed E-state index contributed by atoms with van der Waals surface area (Å²) in [6.07, 6.45) is 4.77. The van der Waals surface area contributed by atoms with Crippen molar-refractivity contribution in [1.29, 1.82) is 0 Å². The number of nitrogens with one attached hydrogen (secondary N) is 1. The fourth-order valence-corrected chi connectivity index (χ4v) is 3.80. The van der Waals surface area contributed by atoms with Crippen LogP contribution in [0.1, 0.15) is 6.42 Å². The van der Waals surface area contributed by atoms with Gasteiger partial charge in [-0.2, -0.15) is 0 Å². The van der Waals surface area contributed by atoms with Gasteiger partial charge >= 0.3 is 5.97 Å². The summed E-state index contributed by atoms with van der Waals surface area (Å²) in [6.45, 7) is 4.64. The Labute approximate surface area is 124 Å². The van der Waals surface area contributed by atoms with Crippen LogP contribution < -0.4 is 5.32 Å². The molecule has 0 aromatic heterocycles. The summed E-state index contributed by atoms with van der Waals surface area (Å²) in [6, 6.07) is 0. The van der Waals surface area contributed by atoms with E-state index in [0.717, 1.165) is 39.3 Å². The minimum Gasteiger partial charge on any atom is -0.481 e. The van der Waals surface area contributed by atoms with Crippen LogP contribution in [0, 0.1) is 23.7 Å². The third kappa shape index (κ3) is 2.96. The number of amides is 1. The Kier molecular flexibility index (Phi) is 4.26. The first-order valence-electron chi connectivity index (χ1n) is 7.66. The highest BCUT2D eigenvalue weighted by atomic mass is 16.5. The second-order valence-electron chi connectivity index (χ2n) is 6.08. The summed E-state index contributed by atoms with van der Waals surface area (Å²) >= 11 is 0. The molecule has 1 amide bonds. The molecular weight excluding hydrogens is 272 g/mol. The number of carboxylic acids is 1. The van der Waals surface area contributed by atoms with Crippen molar-refractivity contribution in [3.05, 3.63) is 12.2 Å². The standard InChI is InChI=1S/C15H22N2O4/c18-14(16-3-4-17-5-7-21-8-6-17)12-10-1-2-11(9-10)13(12)15(19)20/h1-2,10-13H,3-9H2,(H,16,18)(H,19,20)/t10?,11?,12-,13+/m0/s1. The number of rotatable bonds is 5. The van der Waals surface area contributed by atoms with E-state index in [1.54, 1.807) is 0 Å². The van der Waals surface area contributed by atoms with Gasteiger partial charge in [0.1, 0.15) is 0 Å². The van der Waals surface area contributed by atoms with Crippen molar-refractivity contribution in [3.63, 3.8) is 0 Å². The Bertz CT molecular complexity index is 445. The summed E-state index contributed by atoms with van der Waals surface area (Å²) < 4.78 is 5.28. The van der Waals surface area contributed by atoms with Crippen LogP contribution in [0.5, 0.6) is 0 Å². The smallest absolute Gasteiger partial charge is 0.307 e. The highest BCUT2D eigenvalue weighted by Gasteiger charge is 2.51. The highest BCUT2D eigenvalue weighted by molar-refractivity contribution is 5.86. The number of fused-ring (bicyclic) bond motifs is 2. The summed E-state index contributed by atoms with van der Waals surface area (Å²) in [5.41, 5.74) is 0. The Balaban J connectivity index is 1.50. The molecule has 1 saturated carbocycles. The lowest BCUT2D eigenvalue weighted by Crippen LogP contribution is -2.44. The maximum absolute atomic E-state index is 12.3. The molecule has 2 bridgehead atoms. The van der Waals surface area contributed by atoms with Gasteiger partial charge in [0.15, 0.2) is 0 Å². The number of aliphatic carboxylic acids is 1. The Morgan fingerprint density at radius 1 is 1.19 bits per heavy atom. The van der Waals surface area contributed by atoms with Crippen LogP contribution in [-0.4, -0.2) is 61.3 Å². The molecule has 0 spiro atoms. The van der Waals surface area contributed by atoms with Crippen LogP contribution in [0.15, 0.2) is 12.2 Å². The second-order valence-corrected chi connectivity index (χ2v) is 6.08. The van der Waals surface area contributed by atoms with E-state index in [1.165, 1.54) is 0 Å². The fraction of sp³-hybridized carbons (Fsp3) is 0.733. The first kappa shape index (κ1) is 14.5. The number of allylic oxidation sites excluding steroid dienone is 2. The lowest BCUT2D eigenvalue weighted by molar-refractivity contribution is -0.147. The van der Waals surface area contributed by atoms with E-state index < -0.39 is 17.8 Å². The number of carboxylic acid groups (broad SMARTS) is 1. The second kappa shape index (κ2) is 6.15. The average Bonchev–Trinajstić information content (AvgIpc) is 3.08. The van der Waals surface area contributed by atoms with Gasteiger partial charge in [0, 0.05) is 26.2 Å². The lowest BCUT2D eigenvalue weighted by Gasteiger charge is -2.27. The molecule has 1 aliphatic heterocycles. The van der Waals surface area contributed by atoms with Gasteiger partial charge in [-0.15, -0.1) is 0 Å². The first-order chi connectivity index (χ1) is 10.2. The predicted octanol–water partition coefficient (Wildman–Crippen LogP) is -0.0423. The molecule has 0 aromatic carbocycles. The van der Waals surface area contributed by atoms with E-state index in [1.807, 2.05) is 12.2 Å². The van der Waals surface area contributed by atoms with E-state index in [9.17, 15) is 14.7 Å². The van der Waals surface area contributed by atoms with E-state index in [2.05, 4.69) is 10.2 Å². The number of carbonyl (C=O) groups is 2. The summed E-state index contributed by atoms with van der Waals surface area (Å²) in [7, 11) is 0. The van der Waals surface area contributed by atoms with Crippen LogP contribution >= 0.6 is 0 Å². The summed E-state index contributed by atoms with van der Waals surface area (Å²) in [5, 5.41) is 12.3. The van der Waals surface area contributed by atoms with Crippen LogP contribution in [0.3, 0.4) is 0 Å². The van der Waals surface area contributed by atoms with Crippen molar-refractivity contribution in [2.24, 2.45) is 23.7 Å². The molecule has 1 heterocycles. The van der Waals surface area contributed by atoms with E-state index in [0.29, 0.717) is 6.54 Å². The van der Waals surface area contributed by atoms with Crippen molar-refractivity contribution in [2.45, 2.75) is 6.42 Å².